The average molecular weight is 1010 g/mol. The van der Waals surface area contributed by atoms with Crippen LogP contribution in [0.4, 0.5) is 0 Å². The third-order valence-electron chi connectivity index (χ3n) is 13.7. The van der Waals surface area contributed by atoms with E-state index in [1.54, 1.807) is 0 Å². The lowest BCUT2D eigenvalue weighted by Gasteiger charge is -2.18. The quantitative estimate of drug-likeness (QED) is 0.0345. The number of carbonyl (C=O) groups excluding carboxylic acids is 2. The maximum atomic E-state index is 12.9. The molecular weight excluding hydrogens is 885 g/mol. The van der Waals surface area contributed by atoms with Gasteiger partial charge in [-0.15, -0.1) is 0 Å². The monoisotopic (exact) mass is 1000 g/mol. The van der Waals surface area contributed by atoms with Gasteiger partial charge in [0.2, 0.25) is 0 Å². The van der Waals surface area contributed by atoms with Crippen LogP contribution in [0, 0.1) is 0 Å². The first-order valence-corrected chi connectivity index (χ1v) is 31.5. The van der Waals surface area contributed by atoms with Crippen LogP contribution in [0.1, 0.15) is 316 Å². The van der Waals surface area contributed by atoms with Gasteiger partial charge in [0.1, 0.15) is 6.61 Å². The van der Waals surface area contributed by atoms with Crippen molar-refractivity contribution in [2.45, 2.75) is 322 Å². The van der Waals surface area contributed by atoms with Crippen LogP contribution < -0.4 is 0 Å². The van der Waals surface area contributed by atoms with Crippen LogP contribution in [0.3, 0.4) is 0 Å². The first-order chi connectivity index (χ1) is 35.6. The Balaban J connectivity index is 4.32. The summed E-state index contributed by atoms with van der Waals surface area (Å²) in [6.07, 6.45) is 82.2. The van der Waals surface area contributed by atoms with Crippen LogP contribution in [0.2, 0.25) is 0 Å². The van der Waals surface area contributed by atoms with Crippen molar-refractivity contribution < 1.29 is 23.8 Å². The van der Waals surface area contributed by atoms with Crippen LogP contribution in [-0.2, 0) is 23.8 Å². The van der Waals surface area contributed by atoms with Crippen LogP contribution >= 0.6 is 0 Å². The number of allylic oxidation sites excluding steroid dienone is 12. The number of carbonyl (C=O) groups is 2. The number of ether oxygens (including phenoxy) is 3. The van der Waals surface area contributed by atoms with Gasteiger partial charge < -0.3 is 14.2 Å². The van der Waals surface area contributed by atoms with Crippen molar-refractivity contribution in [3.63, 3.8) is 0 Å². The molecule has 0 N–H and O–H groups in total. The van der Waals surface area contributed by atoms with Crippen LogP contribution in [0.25, 0.3) is 0 Å². The molecule has 0 radical (unpaired) electrons. The predicted molar refractivity (Wildman–Crippen MR) is 316 cm³/mol. The summed E-state index contributed by atoms with van der Waals surface area (Å²) in [6, 6.07) is 0. The maximum absolute atomic E-state index is 12.9. The molecule has 0 aliphatic carbocycles. The Labute approximate surface area is 448 Å². The lowest BCUT2D eigenvalue weighted by Crippen LogP contribution is -2.30. The fourth-order valence-electron chi connectivity index (χ4n) is 9.06. The molecule has 1 atom stereocenters. The van der Waals surface area contributed by atoms with Gasteiger partial charge in [0, 0.05) is 19.4 Å². The second-order valence-electron chi connectivity index (χ2n) is 20.9. The largest absolute Gasteiger partial charge is 0.462 e. The molecule has 0 aliphatic heterocycles. The summed E-state index contributed by atoms with van der Waals surface area (Å²) >= 11 is 0. The van der Waals surface area contributed by atoms with E-state index in [-0.39, 0.29) is 25.2 Å². The summed E-state index contributed by atoms with van der Waals surface area (Å²) < 4.78 is 17.5. The Hall–Kier alpha value is -2.66. The zero-order chi connectivity index (χ0) is 52.0. The van der Waals surface area contributed by atoms with E-state index in [1.165, 1.54) is 199 Å². The zero-order valence-electron chi connectivity index (χ0n) is 48.2. The van der Waals surface area contributed by atoms with Crippen molar-refractivity contribution in [1.82, 2.24) is 0 Å². The van der Waals surface area contributed by atoms with Gasteiger partial charge in [-0.3, -0.25) is 9.59 Å². The molecule has 418 valence electrons. The molecule has 0 aliphatic rings. The molecule has 72 heavy (non-hydrogen) atoms. The molecule has 5 nitrogen and oxygen atoms in total. The highest BCUT2D eigenvalue weighted by atomic mass is 16.6. The molecule has 0 amide bonds. The lowest BCUT2D eigenvalue weighted by atomic mass is 10.0. The van der Waals surface area contributed by atoms with E-state index in [4.69, 9.17) is 14.2 Å². The number of hydrogen-bond acceptors (Lipinski definition) is 5. The van der Waals surface area contributed by atoms with Gasteiger partial charge in [-0.2, -0.15) is 0 Å². The summed E-state index contributed by atoms with van der Waals surface area (Å²) in [5, 5.41) is 0. The Morgan fingerprint density at radius 3 is 1.03 bits per heavy atom. The van der Waals surface area contributed by atoms with E-state index in [0.717, 1.165) is 83.5 Å². The molecule has 5 heteroatoms. The minimum absolute atomic E-state index is 0.0687. The molecule has 0 bridgehead atoms. The molecule has 0 spiro atoms. The molecular formula is C67H120O5. The summed E-state index contributed by atoms with van der Waals surface area (Å²) in [5.41, 5.74) is 0. The van der Waals surface area contributed by atoms with Crippen molar-refractivity contribution in [2.75, 3.05) is 19.8 Å². The zero-order valence-corrected chi connectivity index (χ0v) is 48.2. The number of rotatable bonds is 58. The van der Waals surface area contributed by atoms with E-state index in [2.05, 4.69) is 93.7 Å². The van der Waals surface area contributed by atoms with Gasteiger partial charge >= 0.3 is 11.9 Å². The van der Waals surface area contributed by atoms with Crippen LogP contribution in [-0.4, -0.2) is 37.9 Å². The van der Waals surface area contributed by atoms with Crippen LogP contribution in [0.5, 0.6) is 0 Å². The fourth-order valence-corrected chi connectivity index (χ4v) is 9.06. The minimum atomic E-state index is -0.553. The molecule has 1 unspecified atom stereocenters. The topological polar surface area (TPSA) is 61.8 Å². The highest BCUT2D eigenvalue weighted by Gasteiger charge is 2.17. The molecule has 0 saturated carbocycles. The van der Waals surface area contributed by atoms with E-state index in [0.29, 0.717) is 19.4 Å². The normalized spacial score (nSPS) is 12.7. The van der Waals surface area contributed by atoms with E-state index >= 15 is 0 Å². The summed E-state index contributed by atoms with van der Waals surface area (Å²) in [4.78, 5) is 25.6. The predicted octanol–water partition coefficient (Wildman–Crippen LogP) is 21.8. The van der Waals surface area contributed by atoms with Crippen molar-refractivity contribution in [2.24, 2.45) is 0 Å². The fraction of sp³-hybridized carbons (Fsp3) is 0.791. The third-order valence-corrected chi connectivity index (χ3v) is 13.7. The first-order valence-electron chi connectivity index (χ1n) is 31.5. The smallest absolute Gasteiger partial charge is 0.306 e. The highest BCUT2D eigenvalue weighted by Crippen LogP contribution is 2.16. The summed E-state index contributed by atoms with van der Waals surface area (Å²) in [7, 11) is 0. The Kier molecular flexibility index (Phi) is 60.3. The van der Waals surface area contributed by atoms with Gasteiger partial charge in [-0.25, -0.2) is 0 Å². The van der Waals surface area contributed by atoms with Gasteiger partial charge in [0.25, 0.3) is 0 Å². The molecule has 0 heterocycles. The standard InChI is InChI=1S/C67H120O5/c1-4-7-10-13-16-19-22-25-28-31-34-36-39-42-45-48-51-54-57-60-66(68)71-64-65(63-70-62-59-56-53-50-47-44-41-38-33-30-27-24-21-18-15-12-9-6-3)72-67(69)61-58-55-52-49-46-43-40-37-35-32-29-26-23-20-17-14-11-8-5-2/h7,10,16,19,25-26,28-29,34,36,42,45,65H,4-6,8-9,11-15,17-18,20-24,27,30-33,35,37-41,43-44,46-64H2,1-3H3/b10-7-,19-16-,28-25-,29-26-,36-34-,45-42-. The van der Waals surface area contributed by atoms with Crippen LogP contribution in [0.15, 0.2) is 72.9 Å². The average Bonchev–Trinajstić information content (AvgIpc) is 3.38. The Morgan fingerprint density at radius 2 is 0.625 bits per heavy atom. The van der Waals surface area contributed by atoms with Crippen molar-refractivity contribution in [1.29, 1.82) is 0 Å². The molecule has 0 aromatic rings. The second-order valence-corrected chi connectivity index (χ2v) is 20.9. The second kappa shape index (κ2) is 62.6. The van der Waals surface area contributed by atoms with Gasteiger partial charge in [-0.05, 0) is 89.9 Å². The third kappa shape index (κ3) is 59.9. The van der Waals surface area contributed by atoms with E-state index < -0.39 is 6.10 Å². The number of esters is 2. The van der Waals surface area contributed by atoms with E-state index in [1.807, 2.05) is 0 Å². The minimum Gasteiger partial charge on any atom is -0.462 e. The summed E-state index contributed by atoms with van der Waals surface area (Å²) in [6.45, 7) is 7.73. The SMILES string of the molecule is CC/C=C\C/C=C\C/C=C\C/C=C\C/C=C\CCCCCC(=O)OCC(COCCCCCCCCCCCCCCCCCCCC)OC(=O)CCCCCCCCCCC/C=C\CCCCCCCC. The van der Waals surface area contributed by atoms with E-state index in [9.17, 15) is 9.59 Å². The maximum Gasteiger partial charge on any atom is 0.306 e. The van der Waals surface area contributed by atoms with Crippen molar-refractivity contribution in [3.05, 3.63) is 72.9 Å². The molecule has 0 aromatic carbocycles. The number of unbranched alkanes of at least 4 members (excludes halogenated alkanes) is 35. The highest BCUT2D eigenvalue weighted by molar-refractivity contribution is 5.70. The molecule has 0 aromatic heterocycles. The number of hydrogen-bond donors (Lipinski definition) is 0. The summed E-state index contributed by atoms with van der Waals surface area (Å²) in [5.74, 6) is -0.422. The van der Waals surface area contributed by atoms with Crippen molar-refractivity contribution >= 4 is 11.9 Å². The Bertz CT molecular complexity index is 1270. The Morgan fingerprint density at radius 1 is 0.319 bits per heavy atom. The molecule has 0 rings (SSSR count). The first kappa shape index (κ1) is 69.3. The van der Waals surface area contributed by atoms with Crippen molar-refractivity contribution in [3.8, 4) is 0 Å². The van der Waals surface area contributed by atoms with Gasteiger partial charge in [0.05, 0.1) is 6.61 Å². The van der Waals surface area contributed by atoms with Gasteiger partial charge in [0.15, 0.2) is 6.10 Å². The molecule has 0 saturated heterocycles. The molecule has 0 fully saturated rings. The lowest BCUT2D eigenvalue weighted by molar-refractivity contribution is -0.163. The van der Waals surface area contributed by atoms with Gasteiger partial charge in [-0.1, -0.05) is 286 Å².